The van der Waals surface area contributed by atoms with E-state index in [0.717, 1.165) is 42.9 Å². The van der Waals surface area contributed by atoms with E-state index in [2.05, 4.69) is 39.3 Å². The molecule has 0 bridgehead atoms. The van der Waals surface area contributed by atoms with E-state index in [-0.39, 0.29) is 0 Å². The van der Waals surface area contributed by atoms with Crippen LogP contribution < -0.4 is 10.6 Å². The minimum Gasteiger partial charge on any atom is -0.373 e. The largest absolute Gasteiger partial charge is 0.373 e. The fourth-order valence-corrected chi connectivity index (χ4v) is 2.49. The van der Waals surface area contributed by atoms with Gasteiger partial charge in [-0.3, -0.25) is 0 Å². The number of rotatable bonds is 6. The zero-order valence-electron chi connectivity index (χ0n) is 12.2. The Morgan fingerprint density at radius 1 is 1.32 bits per heavy atom. The Morgan fingerprint density at radius 3 is 2.74 bits per heavy atom. The van der Waals surface area contributed by atoms with E-state index in [1.807, 2.05) is 13.1 Å². The number of hydrogen-bond donors (Lipinski definition) is 2. The smallest absolute Gasteiger partial charge is 0.132 e. The maximum atomic E-state index is 4.52. The number of hydrogen-bond acceptors (Lipinski definition) is 5. The molecule has 1 unspecified atom stereocenters. The average Bonchev–Trinajstić information content (AvgIpc) is 2.92. The molecule has 0 radical (unpaired) electrons. The normalized spacial score (nSPS) is 19.6. The lowest BCUT2D eigenvalue weighted by Gasteiger charge is -2.14. The Balaban J connectivity index is 1.92. The van der Waals surface area contributed by atoms with Crippen LogP contribution in [0.1, 0.15) is 26.1 Å². The summed E-state index contributed by atoms with van der Waals surface area (Å²) in [7, 11) is 1.89. The molecule has 1 atom stereocenters. The summed E-state index contributed by atoms with van der Waals surface area (Å²) in [6.45, 7) is 8.90. The van der Waals surface area contributed by atoms with Crippen molar-refractivity contribution >= 4 is 11.6 Å². The number of nitrogens with zero attached hydrogens (tertiary/aromatic N) is 3. The minimum atomic E-state index is 0.734. The molecule has 0 aromatic carbocycles. The van der Waals surface area contributed by atoms with Gasteiger partial charge in [0.2, 0.25) is 0 Å². The number of aryl methyl sites for hydroxylation is 1. The second-order valence-electron chi connectivity index (χ2n) is 5.09. The van der Waals surface area contributed by atoms with Crippen LogP contribution in [0.25, 0.3) is 0 Å². The monoisotopic (exact) mass is 263 g/mol. The van der Waals surface area contributed by atoms with E-state index in [4.69, 9.17) is 0 Å². The first-order valence-electron chi connectivity index (χ1n) is 7.27. The van der Waals surface area contributed by atoms with Crippen molar-refractivity contribution in [2.24, 2.45) is 5.92 Å². The highest BCUT2D eigenvalue weighted by Crippen LogP contribution is 2.17. The zero-order chi connectivity index (χ0) is 13.7. The number of anilines is 2. The quantitative estimate of drug-likeness (QED) is 0.820. The number of nitrogens with one attached hydrogen (secondary N) is 2. The van der Waals surface area contributed by atoms with Gasteiger partial charge in [-0.25, -0.2) is 9.97 Å². The molecular weight excluding hydrogens is 238 g/mol. The second-order valence-corrected chi connectivity index (χ2v) is 5.09. The van der Waals surface area contributed by atoms with Crippen molar-refractivity contribution in [2.75, 3.05) is 43.9 Å². The summed E-state index contributed by atoms with van der Waals surface area (Å²) in [5.41, 5.74) is 0. The van der Waals surface area contributed by atoms with Gasteiger partial charge < -0.3 is 15.5 Å². The van der Waals surface area contributed by atoms with Crippen LogP contribution in [-0.4, -0.2) is 48.1 Å². The van der Waals surface area contributed by atoms with Gasteiger partial charge in [-0.15, -0.1) is 0 Å². The summed E-state index contributed by atoms with van der Waals surface area (Å²) in [5.74, 6) is 3.44. The van der Waals surface area contributed by atoms with Crippen LogP contribution in [0.15, 0.2) is 6.07 Å². The van der Waals surface area contributed by atoms with Gasteiger partial charge in [0.15, 0.2) is 0 Å². The van der Waals surface area contributed by atoms with Crippen molar-refractivity contribution < 1.29 is 0 Å². The average molecular weight is 263 g/mol. The van der Waals surface area contributed by atoms with Crippen LogP contribution in [0.4, 0.5) is 11.6 Å². The lowest BCUT2D eigenvalue weighted by atomic mass is 10.1. The van der Waals surface area contributed by atoms with E-state index in [0.29, 0.717) is 0 Å². The molecule has 1 fully saturated rings. The summed E-state index contributed by atoms with van der Waals surface area (Å²) in [4.78, 5) is 11.4. The molecule has 2 N–H and O–H groups in total. The van der Waals surface area contributed by atoms with Crippen molar-refractivity contribution in [1.29, 1.82) is 0 Å². The maximum Gasteiger partial charge on any atom is 0.132 e. The molecule has 0 aliphatic carbocycles. The standard InChI is InChI=1S/C14H25N5/c1-4-12-17-13(15-3)8-14(18-12)16-9-11-6-7-19(5-2)10-11/h8,11H,4-7,9-10H2,1-3H3,(H2,15,16,17,18). The Morgan fingerprint density at radius 2 is 2.11 bits per heavy atom. The third-order valence-corrected chi connectivity index (χ3v) is 3.73. The van der Waals surface area contributed by atoms with Gasteiger partial charge in [0.05, 0.1) is 0 Å². The molecule has 1 saturated heterocycles. The van der Waals surface area contributed by atoms with Crippen LogP contribution in [0.5, 0.6) is 0 Å². The van der Waals surface area contributed by atoms with Crippen molar-refractivity contribution in [3.8, 4) is 0 Å². The first kappa shape index (κ1) is 14.1. The van der Waals surface area contributed by atoms with Gasteiger partial charge in [0.1, 0.15) is 17.5 Å². The maximum absolute atomic E-state index is 4.52. The molecule has 2 rings (SSSR count). The molecule has 0 spiro atoms. The van der Waals surface area contributed by atoms with Crippen molar-refractivity contribution in [3.05, 3.63) is 11.9 Å². The van der Waals surface area contributed by atoms with E-state index >= 15 is 0 Å². The first-order valence-corrected chi connectivity index (χ1v) is 7.27. The Hall–Kier alpha value is -1.36. The lowest BCUT2D eigenvalue weighted by molar-refractivity contribution is 0.345. The fourth-order valence-electron chi connectivity index (χ4n) is 2.49. The number of aromatic nitrogens is 2. The lowest BCUT2D eigenvalue weighted by Crippen LogP contribution is -2.22. The highest BCUT2D eigenvalue weighted by molar-refractivity contribution is 5.47. The predicted molar refractivity (Wildman–Crippen MR) is 79.7 cm³/mol. The third kappa shape index (κ3) is 3.80. The van der Waals surface area contributed by atoms with Crippen LogP contribution >= 0.6 is 0 Å². The van der Waals surface area contributed by atoms with Gasteiger partial charge in [0.25, 0.3) is 0 Å². The Kier molecular flexibility index (Phi) is 4.96. The summed E-state index contributed by atoms with van der Waals surface area (Å²) in [5, 5.41) is 6.55. The summed E-state index contributed by atoms with van der Waals surface area (Å²) in [6.07, 6.45) is 2.14. The van der Waals surface area contributed by atoms with Gasteiger partial charge in [0, 0.05) is 32.6 Å². The second kappa shape index (κ2) is 6.70. The molecule has 5 heteroatoms. The summed E-state index contributed by atoms with van der Waals surface area (Å²) in [6, 6.07) is 1.98. The first-order chi connectivity index (χ1) is 9.25. The molecule has 1 aromatic heterocycles. The third-order valence-electron chi connectivity index (χ3n) is 3.73. The van der Waals surface area contributed by atoms with Gasteiger partial charge in [-0.1, -0.05) is 13.8 Å². The molecule has 1 aromatic rings. The van der Waals surface area contributed by atoms with Crippen LogP contribution in [-0.2, 0) is 6.42 Å². The van der Waals surface area contributed by atoms with Crippen molar-refractivity contribution in [1.82, 2.24) is 14.9 Å². The highest BCUT2D eigenvalue weighted by Gasteiger charge is 2.20. The van der Waals surface area contributed by atoms with Gasteiger partial charge in [-0.05, 0) is 25.4 Å². The summed E-state index contributed by atoms with van der Waals surface area (Å²) >= 11 is 0. The number of likely N-dealkylation sites (tertiary alicyclic amines) is 1. The molecule has 1 aliphatic heterocycles. The molecule has 0 amide bonds. The van der Waals surface area contributed by atoms with Crippen molar-refractivity contribution in [2.45, 2.75) is 26.7 Å². The van der Waals surface area contributed by atoms with Crippen LogP contribution in [0.3, 0.4) is 0 Å². The Bertz CT molecular complexity index is 385. The van der Waals surface area contributed by atoms with E-state index in [1.165, 1.54) is 19.5 Å². The molecule has 2 heterocycles. The molecule has 106 valence electrons. The van der Waals surface area contributed by atoms with E-state index < -0.39 is 0 Å². The topological polar surface area (TPSA) is 53.1 Å². The molecule has 5 nitrogen and oxygen atoms in total. The molecule has 0 saturated carbocycles. The van der Waals surface area contributed by atoms with Gasteiger partial charge >= 0.3 is 0 Å². The summed E-state index contributed by atoms with van der Waals surface area (Å²) < 4.78 is 0. The molecule has 1 aliphatic rings. The highest BCUT2D eigenvalue weighted by atomic mass is 15.1. The zero-order valence-corrected chi connectivity index (χ0v) is 12.2. The van der Waals surface area contributed by atoms with Crippen LogP contribution in [0, 0.1) is 5.92 Å². The fraction of sp³-hybridized carbons (Fsp3) is 0.714. The van der Waals surface area contributed by atoms with Gasteiger partial charge in [-0.2, -0.15) is 0 Å². The van der Waals surface area contributed by atoms with Crippen molar-refractivity contribution in [3.63, 3.8) is 0 Å². The minimum absolute atomic E-state index is 0.734. The molecular formula is C14H25N5. The predicted octanol–water partition coefficient (Wildman–Crippen LogP) is 1.83. The van der Waals surface area contributed by atoms with E-state index in [9.17, 15) is 0 Å². The SMILES string of the molecule is CCc1nc(NC)cc(NCC2CCN(CC)C2)n1. The van der Waals surface area contributed by atoms with E-state index in [1.54, 1.807) is 0 Å². The van der Waals surface area contributed by atoms with Crippen LogP contribution in [0.2, 0.25) is 0 Å². The Labute approximate surface area is 115 Å². The molecule has 19 heavy (non-hydrogen) atoms.